The van der Waals surface area contributed by atoms with Crippen LogP contribution in [-0.4, -0.2) is 35.7 Å². The van der Waals surface area contributed by atoms with Gasteiger partial charge >= 0.3 is 0 Å². The van der Waals surface area contributed by atoms with E-state index in [9.17, 15) is 14.4 Å². The number of nitrogens with zero attached hydrogens (tertiary/aromatic N) is 1. The maximum Gasteiger partial charge on any atom is 0.263 e. The lowest BCUT2D eigenvalue weighted by Crippen LogP contribution is -2.43. The molecule has 1 aliphatic heterocycles. The molecule has 1 aliphatic rings. The number of likely N-dealkylation sites (tertiary alicyclic amines) is 1. The Kier molecular flexibility index (Phi) is 7.04. The van der Waals surface area contributed by atoms with E-state index < -0.39 is 0 Å². The first-order valence-corrected chi connectivity index (χ1v) is 10.8. The largest absolute Gasteiger partial charge is 0.337 e. The van der Waals surface area contributed by atoms with E-state index in [1.807, 2.05) is 31.4 Å². The van der Waals surface area contributed by atoms with Crippen molar-refractivity contribution in [1.82, 2.24) is 4.90 Å². The normalized spacial score (nSPS) is 16.5. The summed E-state index contributed by atoms with van der Waals surface area (Å²) in [6.07, 6.45) is 2.06. The molecule has 0 spiro atoms. The van der Waals surface area contributed by atoms with Crippen molar-refractivity contribution in [2.24, 2.45) is 11.8 Å². The third-order valence-electron chi connectivity index (χ3n) is 4.84. The minimum absolute atomic E-state index is 0.000933. The Morgan fingerprint density at radius 2 is 1.79 bits per heavy atom. The van der Waals surface area contributed by atoms with Crippen molar-refractivity contribution in [3.63, 3.8) is 0 Å². The first-order valence-electron chi connectivity index (χ1n) is 9.96. The zero-order valence-corrected chi connectivity index (χ0v) is 17.6. The van der Waals surface area contributed by atoms with Crippen LogP contribution in [0.1, 0.15) is 42.8 Å². The molecule has 6 nitrogen and oxygen atoms in total. The van der Waals surface area contributed by atoms with Crippen LogP contribution < -0.4 is 10.6 Å². The quantitative estimate of drug-likeness (QED) is 0.744. The standard InChI is InChI=1S/C22H27N3O3S/c1-15(2)13-20(26)23-17-7-9-18(10-8-17)24-21(27)16-5-3-11-25(14-16)22(28)19-6-4-12-29-19/h4,6-10,12,15-16H,3,5,11,13-14H2,1-2H3,(H,23,26)(H,24,27). The number of hydrogen-bond acceptors (Lipinski definition) is 4. The molecule has 0 bridgehead atoms. The third-order valence-corrected chi connectivity index (χ3v) is 5.70. The van der Waals surface area contributed by atoms with E-state index in [0.717, 1.165) is 12.8 Å². The Bertz CT molecular complexity index is 847. The number of carbonyl (C=O) groups excluding carboxylic acids is 3. The molecule has 3 rings (SSSR count). The van der Waals surface area contributed by atoms with E-state index in [4.69, 9.17) is 0 Å². The summed E-state index contributed by atoms with van der Waals surface area (Å²) in [6, 6.07) is 10.8. The van der Waals surface area contributed by atoms with Crippen LogP contribution in [0.3, 0.4) is 0 Å². The molecule has 1 aromatic heterocycles. The Hall–Kier alpha value is -2.67. The van der Waals surface area contributed by atoms with Crippen molar-refractivity contribution in [3.8, 4) is 0 Å². The number of piperidine rings is 1. The van der Waals surface area contributed by atoms with Gasteiger partial charge in [0.25, 0.3) is 5.91 Å². The van der Waals surface area contributed by atoms with Crippen molar-refractivity contribution < 1.29 is 14.4 Å². The summed E-state index contributed by atoms with van der Waals surface area (Å²) in [6.45, 7) is 5.12. The maximum atomic E-state index is 12.7. The van der Waals surface area contributed by atoms with E-state index >= 15 is 0 Å². The number of benzene rings is 1. The molecule has 7 heteroatoms. The van der Waals surface area contributed by atoms with Gasteiger partial charge in [-0.25, -0.2) is 0 Å². The van der Waals surface area contributed by atoms with Crippen molar-refractivity contribution in [2.45, 2.75) is 33.1 Å². The summed E-state index contributed by atoms with van der Waals surface area (Å²) in [5.41, 5.74) is 1.39. The zero-order valence-electron chi connectivity index (χ0n) is 16.8. The predicted molar refractivity (Wildman–Crippen MR) is 116 cm³/mol. The van der Waals surface area contributed by atoms with Gasteiger partial charge in [-0.3, -0.25) is 14.4 Å². The molecule has 1 atom stereocenters. The molecule has 1 saturated heterocycles. The van der Waals surface area contributed by atoms with E-state index in [1.165, 1.54) is 11.3 Å². The molecular weight excluding hydrogens is 386 g/mol. The second-order valence-corrected chi connectivity index (χ2v) is 8.73. The Morgan fingerprint density at radius 1 is 1.10 bits per heavy atom. The predicted octanol–water partition coefficient (Wildman–Crippen LogP) is 4.22. The molecule has 2 N–H and O–H groups in total. The minimum atomic E-state index is -0.224. The summed E-state index contributed by atoms with van der Waals surface area (Å²) >= 11 is 1.42. The van der Waals surface area contributed by atoms with Crippen LogP contribution >= 0.6 is 11.3 Å². The monoisotopic (exact) mass is 413 g/mol. The van der Waals surface area contributed by atoms with Crippen molar-refractivity contribution in [1.29, 1.82) is 0 Å². The average Bonchev–Trinajstić information content (AvgIpc) is 3.23. The Labute approximate surface area is 175 Å². The summed E-state index contributed by atoms with van der Waals surface area (Å²) < 4.78 is 0. The molecule has 29 heavy (non-hydrogen) atoms. The SMILES string of the molecule is CC(C)CC(=O)Nc1ccc(NC(=O)C2CCCN(C(=O)c3cccs3)C2)cc1. The van der Waals surface area contributed by atoms with Gasteiger partial charge in [0.05, 0.1) is 10.8 Å². The molecule has 154 valence electrons. The summed E-state index contributed by atoms with van der Waals surface area (Å²) in [7, 11) is 0. The van der Waals surface area contributed by atoms with Crippen LogP contribution in [-0.2, 0) is 9.59 Å². The zero-order chi connectivity index (χ0) is 20.8. The fourth-order valence-corrected chi connectivity index (χ4v) is 4.09. The van der Waals surface area contributed by atoms with Gasteiger partial charge in [-0.05, 0) is 54.5 Å². The average molecular weight is 414 g/mol. The van der Waals surface area contributed by atoms with E-state index in [0.29, 0.717) is 41.7 Å². The minimum Gasteiger partial charge on any atom is -0.337 e. The van der Waals surface area contributed by atoms with Gasteiger partial charge in [0, 0.05) is 30.9 Å². The molecule has 0 aliphatic carbocycles. The number of hydrogen-bond donors (Lipinski definition) is 2. The van der Waals surface area contributed by atoms with Crippen molar-refractivity contribution in [3.05, 3.63) is 46.7 Å². The number of rotatable bonds is 6. The first-order chi connectivity index (χ1) is 13.9. The van der Waals surface area contributed by atoms with Crippen LogP contribution in [0, 0.1) is 11.8 Å². The smallest absolute Gasteiger partial charge is 0.263 e. The van der Waals surface area contributed by atoms with E-state index in [2.05, 4.69) is 10.6 Å². The highest BCUT2D eigenvalue weighted by Crippen LogP contribution is 2.22. The lowest BCUT2D eigenvalue weighted by atomic mass is 9.97. The van der Waals surface area contributed by atoms with Gasteiger partial charge in [-0.15, -0.1) is 11.3 Å². The topological polar surface area (TPSA) is 78.5 Å². The molecule has 2 heterocycles. The van der Waals surface area contributed by atoms with Gasteiger partial charge in [-0.2, -0.15) is 0 Å². The first kappa shape index (κ1) is 21.0. The molecule has 2 aromatic rings. The summed E-state index contributed by atoms with van der Waals surface area (Å²) in [4.78, 5) is 39.6. The fourth-order valence-electron chi connectivity index (χ4n) is 3.40. The van der Waals surface area contributed by atoms with Gasteiger partial charge in [0.1, 0.15) is 0 Å². The highest BCUT2D eigenvalue weighted by molar-refractivity contribution is 7.12. The number of thiophene rings is 1. The Balaban J connectivity index is 1.54. The highest BCUT2D eigenvalue weighted by Gasteiger charge is 2.29. The second-order valence-electron chi connectivity index (χ2n) is 7.78. The number of nitrogens with one attached hydrogen (secondary N) is 2. The van der Waals surface area contributed by atoms with Gasteiger partial charge < -0.3 is 15.5 Å². The number of amides is 3. The van der Waals surface area contributed by atoms with Gasteiger partial charge in [-0.1, -0.05) is 19.9 Å². The van der Waals surface area contributed by atoms with Crippen LogP contribution in [0.5, 0.6) is 0 Å². The van der Waals surface area contributed by atoms with E-state index in [1.54, 1.807) is 29.2 Å². The van der Waals surface area contributed by atoms with Crippen LogP contribution in [0.2, 0.25) is 0 Å². The molecule has 0 saturated carbocycles. The number of carbonyl (C=O) groups is 3. The van der Waals surface area contributed by atoms with Crippen molar-refractivity contribution in [2.75, 3.05) is 23.7 Å². The molecule has 1 aromatic carbocycles. The summed E-state index contributed by atoms with van der Waals surface area (Å²) in [5.74, 6) is -0.0212. The third kappa shape index (κ3) is 5.90. The highest BCUT2D eigenvalue weighted by atomic mass is 32.1. The second kappa shape index (κ2) is 9.69. The molecule has 1 unspecified atom stereocenters. The lowest BCUT2D eigenvalue weighted by molar-refractivity contribution is -0.121. The van der Waals surface area contributed by atoms with Gasteiger partial charge in [0.15, 0.2) is 0 Å². The molecular formula is C22H27N3O3S. The molecule has 1 fully saturated rings. The number of anilines is 2. The van der Waals surface area contributed by atoms with Crippen LogP contribution in [0.15, 0.2) is 41.8 Å². The van der Waals surface area contributed by atoms with Gasteiger partial charge in [0.2, 0.25) is 11.8 Å². The Morgan fingerprint density at radius 3 is 2.41 bits per heavy atom. The molecule has 0 radical (unpaired) electrons. The van der Waals surface area contributed by atoms with Crippen molar-refractivity contribution >= 4 is 40.4 Å². The lowest BCUT2D eigenvalue weighted by Gasteiger charge is -2.31. The van der Waals surface area contributed by atoms with E-state index in [-0.39, 0.29) is 23.6 Å². The van der Waals surface area contributed by atoms with Crippen LogP contribution in [0.4, 0.5) is 11.4 Å². The maximum absolute atomic E-state index is 12.7. The van der Waals surface area contributed by atoms with Crippen LogP contribution in [0.25, 0.3) is 0 Å². The molecule has 3 amide bonds. The summed E-state index contributed by atoms with van der Waals surface area (Å²) in [5, 5.41) is 7.67. The fraction of sp³-hybridized carbons (Fsp3) is 0.409.